The van der Waals surface area contributed by atoms with E-state index in [2.05, 4.69) is 4.99 Å². The van der Waals surface area contributed by atoms with Crippen LogP contribution in [0.3, 0.4) is 0 Å². The Kier molecular flexibility index (Phi) is 4.82. The highest BCUT2D eigenvalue weighted by molar-refractivity contribution is 5.82. The van der Waals surface area contributed by atoms with E-state index in [1.54, 1.807) is 6.07 Å². The number of rotatable bonds is 2. The van der Waals surface area contributed by atoms with Crippen LogP contribution in [0.1, 0.15) is 50.7 Å². The van der Waals surface area contributed by atoms with Gasteiger partial charge in [0.05, 0.1) is 0 Å². The van der Waals surface area contributed by atoms with Crippen LogP contribution in [0.25, 0.3) is 0 Å². The second-order valence-corrected chi connectivity index (χ2v) is 7.67. The first kappa shape index (κ1) is 19.2. The molecule has 2 N–H and O–H groups in total. The van der Waals surface area contributed by atoms with Crippen LogP contribution in [0.4, 0.5) is 13.2 Å². The van der Waals surface area contributed by atoms with Gasteiger partial charge in [0, 0.05) is 18.8 Å². The van der Waals surface area contributed by atoms with Crippen molar-refractivity contribution in [3.63, 3.8) is 0 Å². The third-order valence-electron chi connectivity index (χ3n) is 5.52. The van der Waals surface area contributed by atoms with Crippen LogP contribution in [0.15, 0.2) is 23.2 Å². The van der Waals surface area contributed by atoms with E-state index in [0.717, 1.165) is 18.4 Å². The molecule has 7 heteroatoms. The summed E-state index contributed by atoms with van der Waals surface area (Å²) in [4.78, 5) is 4.03. The lowest BCUT2D eigenvalue weighted by Crippen LogP contribution is -2.56. The molecule has 0 spiro atoms. The number of alkyl halides is 2. The Morgan fingerprint density at radius 1 is 1.15 bits per heavy atom. The molecule has 26 heavy (non-hydrogen) atoms. The maximum absolute atomic E-state index is 15.4. The van der Waals surface area contributed by atoms with E-state index in [9.17, 15) is 4.39 Å². The lowest BCUT2D eigenvalue weighted by Gasteiger charge is -2.42. The Morgan fingerprint density at radius 3 is 2.46 bits per heavy atom. The summed E-state index contributed by atoms with van der Waals surface area (Å²) in [5.41, 5.74) is 2.41. The van der Waals surface area contributed by atoms with Crippen molar-refractivity contribution >= 4 is 5.84 Å². The van der Waals surface area contributed by atoms with Crippen LogP contribution < -0.4 is 5.73 Å². The van der Waals surface area contributed by atoms with Crippen LogP contribution in [0.2, 0.25) is 0 Å². The van der Waals surface area contributed by atoms with E-state index >= 15 is 8.78 Å². The Bertz CT molecular complexity index is 715. The lowest BCUT2D eigenvalue weighted by atomic mass is 9.77. The van der Waals surface area contributed by atoms with Gasteiger partial charge in [0.15, 0.2) is 5.54 Å². The first-order chi connectivity index (χ1) is 12.1. The average molecular weight is 370 g/mol. The molecule has 0 aromatic heterocycles. The van der Waals surface area contributed by atoms with Crippen molar-refractivity contribution in [2.45, 2.75) is 56.6 Å². The fourth-order valence-electron chi connectivity index (χ4n) is 3.75. The van der Waals surface area contributed by atoms with Crippen LogP contribution in [-0.2, 0) is 15.0 Å². The molecule has 0 bridgehead atoms. The summed E-state index contributed by atoms with van der Waals surface area (Å²) < 4.78 is 56.2. The molecule has 1 aromatic rings. The molecule has 0 radical (unpaired) electrons. The second-order valence-electron chi connectivity index (χ2n) is 7.67. The molecule has 1 fully saturated rings. The van der Waals surface area contributed by atoms with Gasteiger partial charge >= 0.3 is 5.92 Å². The molecule has 1 aromatic carbocycles. The molecule has 0 amide bonds. The normalized spacial score (nSPS) is 29.1. The summed E-state index contributed by atoms with van der Waals surface area (Å²) >= 11 is 0. The maximum Gasteiger partial charge on any atom is 0.304 e. The average Bonchev–Trinajstić information content (AvgIpc) is 2.66. The van der Waals surface area contributed by atoms with Gasteiger partial charge in [-0.05, 0) is 57.2 Å². The molecular weight excluding hydrogens is 345 g/mol. The predicted molar refractivity (Wildman–Crippen MR) is 93.1 cm³/mol. The fourth-order valence-corrected chi connectivity index (χ4v) is 3.75. The lowest BCUT2D eigenvalue weighted by molar-refractivity contribution is -0.214. The first-order valence-electron chi connectivity index (χ1n) is 8.82. The molecule has 1 saturated heterocycles. The number of benzene rings is 1. The summed E-state index contributed by atoms with van der Waals surface area (Å²) in [5.74, 6) is -4.13. The van der Waals surface area contributed by atoms with Gasteiger partial charge < -0.3 is 15.2 Å². The van der Waals surface area contributed by atoms with E-state index in [1.165, 1.54) is 32.9 Å². The van der Waals surface area contributed by atoms with Crippen molar-refractivity contribution in [3.05, 3.63) is 35.1 Å². The fraction of sp³-hybridized carbons (Fsp3) is 0.632. The molecule has 0 aliphatic carbocycles. The van der Waals surface area contributed by atoms with Crippen molar-refractivity contribution in [1.82, 2.24) is 0 Å². The number of nitrogens with zero attached hydrogens (tertiary/aromatic N) is 1. The largest absolute Gasteiger partial charge is 0.385 e. The van der Waals surface area contributed by atoms with E-state index < -0.39 is 22.9 Å². The van der Waals surface area contributed by atoms with Crippen molar-refractivity contribution in [1.29, 1.82) is 0 Å². The zero-order valence-electron chi connectivity index (χ0n) is 15.3. The SMILES string of the molecule is CC1(C)OCC(N)=NC(C)(c2cc(C3CCOCC3)ccc2F)C1(F)F. The summed E-state index contributed by atoms with van der Waals surface area (Å²) in [6.07, 6.45) is 1.55. The van der Waals surface area contributed by atoms with Gasteiger partial charge in [-0.2, -0.15) is 0 Å². The summed E-state index contributed by atoms with van der Waals surface area (Å²) in [6.45, 7) is 4.77. The van der Waals surface area contributed by atoms with Crippen LogP contribution in [-0.4, -0.2) is 37.2 Å². The Balaban J connectivity index is 2.13. The quantitative estimate of drug-likeness (QED) is 0.863. The van der Waals surface area contributed by atoms with Gasteiger partial charge in [0.2, 0.25) is 0 Å². The highest BCUT2D eigenvalue weighted by atomic mass is 19.3. The molecule has 0 saturated carbocycles. The Hall–Kier alpha value is -1.60. The summed E-state index contributed by atoms with van der Waals surface area (Å²) in [7, 11) is 0. The van der Waals surface area contributed by atoms with Crippen LogP contribution >= 0.6 is 0 Å². The maximum atomic E-state index is 15.4. The number of ether oxygens (including phenoxy) is 2. The van der Waals surface area contributed by atoms with Crippen molar-refractivity contribution in [2.75, 3.05) is 19.8 Å². The molecule has 3 rings (SSSR count). The number of halogens is 3. The third-order valence-corrected chi connectivity index (χ3v) is 5.52. The minimum Gasteiger partial charge on any atom is -0.385 e. The van der Waals surface area contributed by atoms with Crippen molar-refractivity contribution in [2.24, 2.45) is 10.7 Å². The molecule has 2 aliphatic rings. The van der Waals surface area contributed by atoms with E-state index in [1.807, 2.05) is 0 Å². The smallest absolute Gasteiger partial charge is 0.304 e. The Morgan fingerprint density at radius 2 is 1.81 bits per heavy atom. The van der Waals surface area contributed by atoms with Gasteiger partial charge in [0.1, 0.15) is 23.9 Å². The standard InChI is InChI=1S/C19H25F3N2O2/c1-17(2)19(21,22)18(3,24-16(23)11-26-17)14-10-13(4-5-15(14)20)12-6-8-25-9-7-12/h4-5,10,12H,6-9,11H2,1-3H3,(H2,23,24). The zero-order valence-corrected chi connectivity index (χ0v) is 15.3. The molecule has 1 atom stereocenters. The summed E-state index contributed by atoms with van der Waals surface area (Å²) in [6, 6.07) is 4.41. The Labute approximate surface area is 151 Å². The molecule has 2 aliphatic heterocycles. The zero-order chi connectivity index (χ0) is 19.2. The molecule has 1 unspecified atom stereocenters. The van der Waals surface area contributed by atoms with Crippen LogP contribution in [0.5, 0.6) is 0 Å². The van der Waals surface area contributed by atoms with Crippen molar-refractivity contribution < 1.29 is 22.6 Å². The minimum atomic E-state index is -3.48. The van der Waals surface area contributed by atoms with Gasteiger partial charge in [0.25, 0.3) is 0 Å². The summed E-state index contributed by atoms with van der Waals surface area (Å²) in [5, 5.41) is 0. The topological polar surface area (TPSA) is 56.8 Å². The number of amidine groups is 1. The van der Waals surface area contributed by atoms with Gasteiger partial charge in [-0.15, -0.1) is 0 Å². The number of nitrogens with two attached hydrogens (primary N) is 1. The molecule has 144 valence electrons. The number of hydrogen-bond acceptors (Lipinski definition) is 4. The molecule has 4 nitrogen and oxygen atoms in total. The second kappa shape index (κ2) is 6.53. The van der Waals surface area contributed by atoms with Crippen molar-refractivity contribution in [3.8, 4) is 0 Å². The first-order valence-corrected chi connectivity index (χ1v) is 8.82. The monoisotopic (exact) mass is 370 g/mol. The minimum absolute atomic E-state index is 0.0754. The van der Waals surface area contributed by atoms with Gasteiger partial charge in [-0.25, -0.2) is 13.2 Å². The van der Waals surface area contributed by atoms with E-state index in [-0.39, 0.29) is 23.9 Å². The van der Waals surface area contributed by atoms with Crippen LogP contribution in [0, 0.1) is 5.82 Å². The number of aliphatic imine (C=N–C) groups is 1. The predicted octanol–water partition coefficient (Wildman–Crippen LogP) is 3.74. The van der Waals surface area contributed by atoms with E-state index in [4.69, 9.17) is 15.2 Å². The third kappa shape index (κ3) is 3.01. The van der Waals surface area contributed by atoms with Gasteiger partial charge in [-0.1, -0.05) is 6.07 Å². The highest BCUT2D eigenvalue weighted by Gasteiger charge is 2.63. The number of hydrogen-bond donors (Lipinski definition) is 1. The highest BCUT2D eigenvalue weighted by Crippen LogP contribution is 2.51. The molecular formula is C19H25F3N2O2. The molecule has 2 heterocycles. The van der Waals surface area contributed by atoms with Gasteiger partial charge in [-0.3, -0.25) is 4.99 Å². The van der Waals surface area contributed by atoms with E-state index in [0.29, 0.717) is 13.2 Å².